The largest absolute Gasteiger partial charge is 0.497 e. The molecule has 0 aromatic heterocycles. The molecule has 0 bridgehead atoms. The van der Waals surface area contributed by atoms with Gasteiger partial charge in [0, 0.05) is 0 Å². The lowest BCUT2D eigenvalue weighted by Gasteiger charge is -2.11. The van der Waals surface area contributed by atoms with Crippen molar-refractivity contribution >= 4 is 28.5 Å². The van der Waals surface area contributed by atoms with Gasteiger partial charge in [0.15, 0.2) is 0 Å². The van der Waals surface area contributed by atoms with Gasteiger partial charge in [0.1, 0.15) is 27.5 Å². The molecule has 2 aromatic carbocycles. The highest BCUT2D eigenvalue weighted by Gasteiger charge is 2.21. The quantitative estimate of drug-likeness (QED) is 0.748. The smallest absolute Gasteiger partial charge is 0.496 e. The number of hydrogen-bond acceptors (Lipinski definition) is 6. The van der Waals surface area contributed by atoms with Gasteiger partial charge in [0.25, 0.3) is 0 Å². The maximum atomic E-state index is 9.04. The van der Waals surface area contributed by atoms with E-state index in [4.69, 9.17) is 29.0 Å². The molecule has 0 aliphatic heterocycles. The second-order valence-corrected chi connectivity index (χ2v) is 5.22. The topological polar surface area (TPSA) is 77.4 Å². The van der Waals surface area contributed by atoms with Gasteiger partial charge in [-0.3, -0.25) is 0 Å². The first-order valence-corrected chi connectivity index (χ1v) is 7.72. The van der Waals surface area contributed by atoms with E-state index in [1.165, 1.54) is 14.2 Å². The minimum absolute atomic E-state index is 0.243. The first-order valence-electron chi connectivity index (χ1n) is 6.93. The van der Waals surface area contributed by atoms with E-state index in [0.29, 0.717) is 11.5 Å². The Morgan fingerprint density at radius 1 is 0.708 bits per heavy atom. The molecule has 24 heavy (non-hydrogen) atoms. The maximum absolute atomic E-state index is 9.04. The Labute approximate surface area is 150 Å². The van der Waals surface area contributed by atoms with Crippen molar-refractivity contribution in [2.45, 2.75) is 0 Å². The molecule has 0 radical (unpaired) electrons. The summed E-state index contributed by atoms with van der Waals surface area (Å²) >= 11 is 3.35. The van der Waals surface area contributed by atoms with Crippen LogP contribution in [0.4, 0.5) is 0 Å². The summed E-state index contributed by atoms with van der Waals surface area (Å²) in [4.78, 5) is 0. The Hall–Kier alpha value is -1.90. The van der Waals surface area contributed by atoms with Crippen molar-refractivity contribution in [2.24, 2.45) is 0 Å². The van der Waals surface area contributed by atoms with Gasteiger partial charge < -0.3 is 29.0 Å². The zero-order chi connectivity index (χ0) is 18.1. The van der Waals surface area contributed by atoms with E-state index in [1.54, 1.807) is 32.4 Å². The van der Waals surface area contributed by atoms with Crippen molar-refractivity contribution in [1.82, 2.24) is 0 Å². The molecule has 2 rings (SSSR count). The Kier molecular flexibility index (Phi) is 8.46. The molecule has 6 nitrogen and oxygen atoms in total. The van der Waals surface area contributed by atoms with E-state index in [0.717, 1.165) is 16.0 Å². The van der Waals surface area contributed by atoms with Crippen molar-refractivity contribution < 1.29 is 29.0 Å². The molecule has 130 valence electrons. The van der Waals surface area contributed by atoms with Gasteiger partial charge in [0.05, 0.1) is 33.9 Å². The van der Waals surface area contributed by atoms with Gasteiger partial charge in [-0.25, -0.2) is 0 Å². The van der Waals surface area contributed by atoms with Gasteiger partial charge in [-0.05, 0) is 40.2 Å². The van der Waals surface area contributed by atoms with Crippen molar-refractivity contribution in [3.8, 4) is 23.0 Å². The van der Waals surface area contributed by atoms with E-state index in [-0.39, 0.29) is 5.46 Å². The summed E-state index contributed by atoms with van der Waals surface area (Å²) in [5, 5.41) is 18.1. The second-order valence-electron chi connectivity index (χ2n) is 4.43. The second kappa shape index (κ2) is 10.1. The van der Waals surface area contributed by atoms with E-state index >= 15 is 0 Å². The summed E-state index contributed by atoms with van der Waals surface area (Å²) in [6.45, 7) is 0. The standard InChI is InChI=1S/C8H11BO4.C8H9BrO2/c1-12-6-4-3-5-7(13-2)8(6)9(10)11;1-10-6-4-3-5-7(11-2)8(6)9/h3-5,10-11H,1-2H3;3-5H,1-2H3. The van der Waals surface area contributed by atoms with Gasteiger partial charge in [-0.15, -0.1) is 0 Å². The highest BCUT2D eigenvalue weighted by molar-refractivity contribution is 9.10. The Morgan fingerprint density at radius 2 is 1.04 bits per heavy atom. The summed E-state index contributed by atoms with van der Waals surface area (Å²) in [5.74, 6) is 2.36. The molecule has 0 spiro atoms. The van der Waals surface area contributed by atoms with Crippen LogP contribution < -0.4 is 24.4 Å². The fourth-order valence-electron chi connectivity index (χ4n) is 1.94. The van der Waals surface area contributed by atoms with E-state index in [2.05, 4.69) is 15.9 Å². The highest BCUT2D eigenvalue weighted by atomic mass is 79.9. The normalized spacial score (nSPS) is 9.46. The number of rotatable bonds is 5. The number of benzene rings is 2. The van der Waals surface area contributed by atoms with Crippen LogP contribution in [0, 0.1) is 0 Å². The fraction of sp³-hybridized carbons (Fsp3) is 0.250. The van der Waals surface area contributed by atoms with Crippen LogP contribution in [-0.4, -0.2) is 45.6 Å². The molecule has 0 saturated heterocycles. The summed E-state index contributed by atoms with van der Waals surface area (Å²) in [7, 11) is 4.58. The third-order valence-electron chi connectivity index (χ3n) is 3.09. The number of halogens is 1. The molecule has 0 saturated carbocycles. The van der Waals surface area contributed by atoms with E-state index in [1.807, 2.05) is 18.2 Å². The summed E-state index contributed by atoms with van der Waals surface area (Å²) < 4.78 is 20.9. The monoisotopic (exact) mass is 398 g/mol. The lowest BCUT2D eigenvalue weighted by atomic mass is 9.78. The predicted molar refractivity (Wildman–Crippen MR) is 96.6 cm³/mol. The maximum Gasteiger partial charge on any atom is 0.496 e. The van der Waals surface area contributed by atoms with Crippen LogP contribution in [0.5, 0.6) is 23.0 Å². The van der Waals surface area contributed by atoms with Gasteiger partial charge >= 0.3 is 7.12 Å². The summed E-state index contributed by atoms with van der Waals surface area (Å²) in [6, 6.07) is 10.6. The van der Waals surface area contributed by atoms with Gasteiger partial charge in [-0.2, -0.15) is 0 Å². The molecule has 8 heteroatoms. The predicted octanol–water partition coefficient (Wildman–Crippen LogP) is 1.85. The van der Waals surface area contributed by atoms with Gasteiger partial charge in [-0.1, -0.05) is 12.1 Å². The number of ether oxygens (including phenoxy) is 4. The number of methoxy groups -OCH3 is 4. The molecular formula is C16H20BBrO6. The zero-order valence-electron chi connectivity index (χ0n) is 13.9. The summed E-state index contributed by atoms with van der Waals surface area (Å²) in [6.07, 6.45) is 0. The molecule has 0 aliphatic carbocycles. The zero-order valence-corrected chi connectivity index (χ0v) is 15.5. The SMILES string of the molecule is COc1cccc(OC)c1B(O)O.COc1cccc(OC)c1Br. The van der Waals surface area contributed by atoms with Crippen LogP contribution >= 0.6 is 15.9 Å². The Morgan fingerprint density at radius 3 is 1.33 bits per heavy atom. The third kappa shape index (κ3) is 5.05. The molecule has 0 atom stereocenters. The van der Waals surface area contributed by atoms with Gasteiger partial charge in [0.2, 0.25) is 0 Å². The van der Waals surface area contributed by atoms with Crippen molar-refractivity contribution in [2.75, 3.05) is 28.4 Å². The molecule has 0 aliphatic rings. The molecule has 0 unspecified atom stereocenters. The minimum Gasteiger partial charge on any atom is -0.497 e. The van der Waals surface area contributed by atoms with Crippen LogP contribution in [0.3, 0.4) is 0 Å². The Balaban J connectivity index is 0.000000243. The molecule has 0 fully saturated rings. The van der Waals surface area contributed by atoms with Crippen LogP contribution in [-0.2, 0) is 0 Å². The minimum atomic E-state index is -1.59. The first-order chi connectivity index (χ1) is 11.5. The molecular weight excluding hydrogens is 379 g/mol. The van der Waals surface area contributed by atoms with Crippen molar-refractivity contribution in [1.29, 1.82) is 0 Å². The molecule has 2 N–H and O–H groups in total. The summed E-state index contributed by atoms with van der Waals surface area (Å²) in [5.41, 5.74) is 0.243. The Bertz CT molecular complexity index is 606. The third-order valence-corrected chi connectivity index (χ3v) is 3.87. The van der Waals surface area contributed by atoms with Crippen molar-refractivity contribution in [3.63, 3.8) is 0 Å². The first kappa shape index (κ1) is 20.2. The fourth-order valence-corrected chi connectivity index (χ4v) is 2.53. The average Bonchev–Trinajstić information content (AvgIpc) is 2.61. The molecule has 0 heterocycles. The van der Waals surface area contributed by atoms with Crippen LogP contribution in [0.2, 0.25) is 0 Å². The van der Waals surface area contributed by atoms with Crippen LogP contribution in [0.25, 0.3) is 0 Å². The lowest BCUT2D eigenvalue weighted by Crippen LogP contribution is -2.32. The van der Waals surface area contributed by atoms with Crippen LogP contribution in [0.15, 0.2) is 40.9 Å². The molecule has 0 amide bonds. The van der Waals surface area contributed by atoms with Crippen LogP contribution in [0.1, 0.15) is 0 Å². The highest BCUT2D eigenvalue weighted by Crippen LogP contribution is 2.33. The van der Waals surface area contributed by atoms with E-state index in [9.17, 15) is 0 Å². The number of hydrogen-bond donors (Lipinski definition) is 2. The lowest BCUT2D eigenvalue weighted by molar-refractivity contribution is 0.385. The van der Waals surface area contributed by atoms with Crippen molar-refractivity contribution in [3.05, 3.63) is 40.9 Å². The average molecular weight is 399 g/mol. The van der Waals surface area contributed by atoms with E-state index < -0.39 is 7.12 Å². The molecule has 2 aromatic rings.